The van der Waals surface area contributed by atoms with Crippen LogP contribution in [0.25, 0.3) is 43.5 Å². The van der Waals surface area contributed by atoms with Crippen molar-refractivity contribution in [1.82, 2.24) is 0 Å². The fourth-order valence-corrected chi connectivity index (χ4v) is 7.29. The average molecular weight is 545 g/mol. The molecule has 0 bridgehead atoms. The zero-order valence-electron chi connectivity index (χ0n) is 21.9. The molecule has 0 amide bonds. The first-order chi connectivity index (χ1) is 18.9. The van der Waals surface area contributed by atoms with E-state index >= 15 is 0 Å². The van der Waals surface area contributed by atoms with Crippen LogP contribution in [-0.4, -0.2) is 32.6 Å². The summed E-state index contributed by atoms with van der Waals surface area (Å²) in [4.78, 5) is 26.7. The number of benzene rings is 4. The van der Waals surface area contributed by atoms with Crippen LogP contribution in [0.3, 0.4) is 0 Å². The highest BCUT2D eigenvalue weighted by molar-refractivity contribution is 6.30. The van der Waals surface area contributed by atoms with Crippen LogP contribution >= 0.6 is 0 Å². The molecule has 8 rings (SSSR count). The minimum Gasteiger partial charge on any atom is -0.507 e. The summed E-state index contributed by atoms with van der Waals surface area (Å²) >= 11 is 0. The molecule has 5 atom stereocenters. The van der Waals surface area contributed by atoms with E-state index in [-0.39, 0.29) is 72.6 Å². The highest BCUT2D eigenvalue weighted by Gasteiger charge is 2.52. The maximum absolute atomic E-state index is 13.6. The molecule has 0 spiro atoms. The van der Waals surface area contributed by atoms with Gasteiger partial charge in [0.05, 0.1) is 29.1 Å². The van der Waals surface area contributed by atoms with E-state index in [1.165, 1.54) is 6.07 Å². The Morgan fingerprint density at radius 2 is 1.50 bits per heavy atom. The van der Waals surface area contributed by atoms with Crippen LogP contribution in [0.2, 0.25) is 0 Å². The van der Waals surface area contributed by atoms with Crippen molar-refractivity contribution in [3.05, 3.63) is 54.8 Å². The molecule has 3 aliphatic heterocycles. The molecule has 1 aromatic heterocycles. The molecule has 10 heteroatoms. The topological polar surface area (TPSA) is 156 Å². The summed E-state index contributed by atoms with van der Waals surface area (Å²) in [6.45, 7) is 6.96. The number of hydrogen-bond donors (Lipinski definition) is 4. The number of hydrogen-bond acceptors (Lipinski definition) is 10. The molecule has 204 valence electrons. The van der Waals surface area contributed by atoms with Crippen LogP contribution in [0.15, 0.2) is 26.1 Å². The highest BCUT2D eigenvalue weighted by atomic mass is 16.7. The quantitative estimate of drug-likeness (QED) is 0.165. The van der Waals surface area contributed by atoms with E-state index in [9.17, 15) is 30.0 Å². The van der Waals surface area contributed by atoms with Crippen molar-refractivity contribution in [2.45, 2.75) is 64.3 Å². The summed E-state index contributed by atoms with van der Waals surface area (Å²) in [7, 11) is 0. The molecule has 40 heavy (non-hydrogen) atoms. The molecule has 4 aromatic carbocycles. The van der Waals surface area contributed by atoms with Gasteiger partial charge in [0.2, 0.25) is 5.43 Å². The SMILES string of the molecule is C[C@@H]1Cc2c(c(O)c3c(=O)cc4oc5c(=O)cc(O)c6c(O)c7c8c(c65)c4c3c2O[C@@]8(O)[C@@H](C)O[C@@H]7C)[C@@H](C)O1. The third kappa shape index (κ3) is 2.51. The van der Waals surface area contributed by atoms with E-state index in [1.807, 2.05) is 6.92 Å². The second-order valence-corrected chi connectivity index (χ2v) is 11.2. The number of phenolic OH excluding ortho intramolecular Hbond substituents is 3. The van der Waals surface area contributed by atoms with Crippen molar-refractivity contribution in [2.24, 2.45) is 0 Å². The second kappa shape index (κ2) is 7.14. The fraction of sp³-hybridized carbons (Fsp3) is 0.333. The summed E-state index contributed by atoms with van der Waals surface area (Å²) in [5.41, 5.74) is -0.150. The molecular weight excluding hydrogens is 520 g/mol. The summed E-state index contributed by atoms with van der Waals surface area (Å²) in [5.74, 6) is -3.16. The van der Waals surface area contributed by atoms with Gasteiger partial charge in [-0.3, -0.25) is 9.59 Å². The highest BCUT2D eigenvalue weighted by Crippen LogP contribution is 2.59. The number of rotatable bonds is 0. The van der Waals surface area contributed by atoms with E-state index in [0.717, 1.165) is 6.07 Å². The lowest BCUT2D eigenvalue weighted by Gasteiger charge is -2.43. The lowest BCUT2D eigenvalue weighted by Crippen LogP contribution is -2.49. The van der Waals surface area contributed by atoms with Gasteiger partial charge in [0.1, 0.15) is 34.7 Å². The second-order valence-electron chi connectivity index (χ2n) is 11.2. The Kier molecular flexibility index (Phi) is 4.24. The number of aromatic hydroxyl groups is 3. The third-order valence-corrected chi connectivity index (χ3v) is 8.84. The molecule has 0 radical (unpaired) electrons. The molecule has 4 heterocycles. The van der Waals surface area contributed by atoms with E-state index in [0.29, 0.717) is 22.9 Å². The van der Waals surface area contributed by atoms with Gasteiger partial charge in [-0.1, -0.05) is 0 Å². The zero-order valence-corrected chi connectivity index (χ0v) is 21.9. The molecule has 5 aromatic rings. The monoisotopic (exact) mass is 544 g/mol. The van der Waals surface area contributed by atoms with Crippen molar-refractivity contribution in [2.75, 3.05) is 0 Å². The Balaban J connectivity index is 1.79. The van der Waals surface area contributed by atoms with Crippen LogP contribution in [0.5, 0.6) is 23.0 Å². The van der Waals surface area contributed by atoms with Gasteiger partial charge in [-0.05, 0) is 27.7 Å². The molecule has 4 N–H and O–H groups in total. The van der Waals surface area contributed by atoms with Gasteiger partial charge in [0.25, 0.3) is 5.79 Å². The molecular formula is C30H24O10. The summed E-state index contributed by atoms with van der Waals surface area (Å²) < 4.78 is 24.7. The Morgan fingerprint density at radius 3 is 2.25 bits per heavy atom. The maximum Gasteiger partial charge on any atom is 0.262 e. The standard InChI is InChI=1S/C30H24O10/c1-8-5-12-17(9(2)37-8)26(34)20-14(32)7-16-21-22-24-19(13(31)6-15(33)29(24)39-16)27(35)18-10(3)38-11(4)30(36,25(18)22)40-28(12)23(20)21/h6-11,31,34-36H,5H2,1-4H3/t8-,9-,10-,11-,30+/m1/s1. The van der Waals surface area contributed by atoms with Gasteiger partial charge < -0.3 is 39.1 Å². The van der Waals surface area contributed by atoms with E-state index in [4.69, 9.17) is 18.6 Å². The summed E-state index contributed by atoms with van der Waals surface area (Å²) in [6.07, 6.45) is -2.26. The van der Waals surface area contributed by atoms with Gasteiger partial charge in [-0.15, -0.1) is 0 Å². The minimum absolute atomic E-state index is 0.0374. The number of aliphatic hydroxyl groups is 1. The van der Waals surface area contributed by atoms with Crippen molar-refractivity contribution in [3.8, 4) is 23.0 Å². The van der Waals surface area contributed by atoms with Gasteiger partial charge in [0.15, 0.2) is 11.0 Å². The van der Waals surface area contributed by atoms with E-state index < -0.39 is 40.7 Å². The van der Waals surface area contributed by atoms with Gasteiger partial charge >= 0.3 is 0 Å². The average Bonchev–Trinajstić information content (AvgIpc) is 2.99. The largest absolute Gasteiger partial charge is 0.507 e. The van der Waals surface area contributed by atoms with E-state index in [1.54, 1.807) is 20.8 Å². The van der Waals surface area contributed by atoms with Crippen LogP contribution < -0.4 is 15.6 Å². The molecule has 0 saturated heterocycles. The Hall–Kier alpha value is -4.12. The molecule has 0 saturated carbocycles. The third-order valence-electron chi connectivity index (χ3n) is 8.84. The summed E-state index contributed by atoms with van der Waals surface area (Å²) in [6, 6.07) is 2.13. The van der Waals surface area contributed by atoms with Gasteiger partial charge in [0, 0.05) is 62.4 Å². The minimum atomic E-state index is -2.20. The number of ether oxygens (including phenoxy) is 3. The normalized spacial score (nSPS) is 27.1. The Bertz CT molecular complexity index is 2130. The lowest BCUT2D eigenvalue weighted by atomic mass is 9.82. The smallest absolute Gasteiger partial charge is 0.262 e. The molecule has 0 fully saturated rings. The Labute approximate surface area is 224 Å². The predicted molar refractivity (Wildman–Crippen MR) is 144 cm³/mol. The first-order valence-electron chi connectivity index (χ1n) is 13.2. The molecule has 3 aliphatic rings. The maximum atomic E-state index is 13.6. The van der Waals surface area contributed by atoms with Crippen LogP contribution in [0, 0.1) is 0 Å². The van der Waals surface area contributed by atoms with Crippen LogP contribution in [-0.2, 0) is 21.7 Å². The van der Waals surface area contributed by atoms with Crippen LogP contribution in [0.4, 0.5) is 0 Å². The van der Waals surface area contributed by atoms with Crippen molar-refractivity contribution >= 4 is 43.5 Å². The molecule has 0 unspecified atom stereocenters. The lowest BCUT2D eigenvalue weighted by molar-refractivity contribution is -0.246. The van der Waals surface area contributed by atoms with Gasteiger partial charge in [-0.25, -0.2) is 0 Å². The Morgan fingerprint density at radius 1 is 0.800 bits per heavy atom. The first-order valence-corrected chi connectivity index (χ1v) is 13.2. The van der Waals surface area contributed by atoms with Crippen LogP contribution in [0.1, 0.15) is 62.2 Å². The van der Waals surface area contributed by atoms with Gasteiger partial charge in [-0.2, -0.15) is 0 Å². The number of fused-ring (bicyclic) bond motifs is 2. The molecule has 10 nitrogen and oxygen atoms in total. The zero-order chi connectivity index (χ0) is 28.2. The first kappa shape index (κ1) is 23.7. The van der Waals surface area contributed by atoms with Crippen molar-refractivity contribution in [1.29, 1.82) is 0 Å². The molecule has 0 aliphatic carbocycles. The number of phenols is 3. The fourth-order valence-electron chi connectivity index (χ4n) is 7.29. The predicted octanol–water partition coefficient (Wildman–Crippen LogP) is 4.21. The van der Waals surface area contributed by atoms with Crippen molar-refractivity contribution in [3.63, 3.8) is 0 Å². The summed E-state index contributed by atoms with van der Waals surface area (Å²) in [5, 5.41) is 47.2. The van der Waals surface area contributed by atoms with E-state index in [2.05, 4.69) is 0 Å². The van der Waals surface area contributed by atoms with Crippen molar-refractivity contribution < 1.29 is 39.1 Å².